The fraction of sp³-hybridized carbons (Fsp3) is 0.0588. The van der Waals surface area contributed by atoms with Crippen LogP contribution in [-0.2, 0) is 5.75 Å². The highest BCUT2D eigenvalue weighted by molar-refractivity contribution is 7.98. The molecular weight excluding hydrogens is 348 g/mol. The maximum atomic E-state index is 4.60. The minimum absolute atomic E-state index is 0.678. The van der Waals surface area contributed by atoms with Gasteiger partial charge in [-0.25, -0.2) is 14.4 Å². The molecule has 9 heteroatoms. The van der Waals surface area contributed by atoms with Crippen LogP contribution in [0.4, 0.5) is 0 Å². The third-order valence-electron chi connectivity index (χ3n) is 4.37. The van der Waals surface area contributed by atoms with Gasteiger partial charge >= 0.3 is 0 Å². The van der Waals surface area contributed by atoms with E-state index in [2.05, 4.69) is 30.2 Å². The first-order valence-electron chi connectivity index (χ1n) is 8.13. The molecule has 26 heavy (non-hydrogen) atoms. The van der Waals surface area contributed by atoms with Crippen molar-refractivity contribution in [3.63, 3.8) is 0 Å². The van der Waals surface area contributed by atoms with Crippen LogP contribution in [0.3, 0.4) is 0 Å². The number of thioether (sulfide) groups is 1. The molecular formula is C17H12N8S. The van der Waals surface area contributed by atoms with Crippen LogP contribution in [0.15, 0.2) is 53.7 Å². The molecule has 0 radical (unpaired) electrons. The van der Waals surface area contributed by atoms with Crippen LogP contribution in [0, 0.1) is 0 Å². The molecule has 2 aromatic carbocycles. The van der Waals surface area contributed by atoms with E-state index in [9.17, 15) is 0 Å². The molecule has 0 aliphatic heterocycles. The van der Waals surface area contributed by atoms with Crippen LogP contribution >= 0.6 is 11.8 Å². The Labute approximate surface area is 150 Å². The summed E-state index contributed by atoms with van der Waals surface area (Å²) in [4.78, 5) is 12.5. The first-order valence-corrected chi connectivity index (χ1v) is 9.12. The summed E-state index contributed by atoms with van der Waals surface area (Å²) < 4.78 is 3.84. The number of aromatic amines is 2. The Hall–Kier alpha value is -3.33. The smallest absolute Gasteiger partial charge is 0.258 e. The Kier molecular flexibility index (Phi) is 2.72. The van der Waals surface area contributed by atoms with Gasteiger partial charge in [0.15, 0.2) is 0 Å². The summed E-state index contributed by atoms with van der Waals surface area (Å²) in [6.07, 6.45) is 0. The molecule has 8 nitrogen and oxygen atoms in total. The highest BCUT2D eigenvalue weighted by Gasteiger charge is 2.16. The summed E-state index contributed by atoms with van der Waals surface area (Å²) in [6, 6.07) is 16.0. The Morgan fingerprint density at radius 1 is 0.923 bits per heavy atom. The zero-order valence-electron chi connectivity index (χ0n) is 13.4. The standard InChI is InChI=1S/C17H12N8S/c1-2-6-11-10(5-1)18-14(19-11)9-26-17-22-21-16-24-13-8-4-3-7-12(13)20-15(24)23-25(16)17/h1-8H,9H2,(H,18,19)(H,20,23). The Balaban J connectivity index is 1.39. The number of rotatable bonds is 3. The quantitative estimate of drug-likeness (QED) is 0.473. The van der Waals surface area contributed by atoms with Crippen LogP contribution in [-0.4, -0.2) is 39.2 Å². The number of benzene rings is 2. The van der Waals surface area contributed by atoms with E-state index in [0.717, 1.165) is 44.6 Å². The number of aromatic nitrogens is 8. The normalized spacial score (nSPS) is 12.2. The molecule has 2 N–H and O–H groups in total. The SMILES string of the molecule is c1ccc2[nH]c(CSc3nnc4n3[nH]c3nc5ccccc5n34)nc2c1. The fourth-order valence-electron chi connectivity index (χ4n) is 3.21. The van der Waals surface area contributed by atoms with E-state index < -0.39 is 0 Å². The van der Waals surface area contributed by atoms with Gasteiger partial charge in [-0.3, -0.25) is 5.10 Å². The van der Waals surface area contributed by atoms with Crippen molar-refractivity contribution in [3.05, 3.63) is 54.4 Å². The molecule has 4 aromatic heterocycles. The van der Waals surface area contributed by atoms with E-state index >= 15 is 0 Å². The molecule has 0 saturated heterocycles. The largest absolute Gasteiger partial charge is 0.341 e. The van der Waals surface area contributed by atoms with Gasteiger partial charge in [0.25, 0.3) is 5.78 Å². The topological polar surface area (TPSA) is 92.0 Å². The molecule has 6 rings (SSSR count). The Morgan fingerprint density at radius 2 is 1.77 bits per heavy atom. The van der Waals surface area contributed by atoms with Gasteiger partial charge in [0.1, 0.15) is 5.82 Å². The van der Waals surface area contributed by atoms with E-state index in [4.69, 9.17) is 0 Å². The van der Waals surface area contributed by atoms with Crippen LogP contribution < -0.4 is 0 Å². The summed E-state index contributed by atoms with van der Waals surface area (Å²) in [5.74, 6) is 3.06. The Bertz CT molecular complexity index is 1370. The van der Waals surface area contributed by atoms with Crippen molar-refractivity contribution < 1.29 is 0 Å². The zero-order chi connectivity index (χ0) is 17.1. The molecule has 0 amide bonds. The molecule has 126 valence electrons. The van der Waals surface area contributed by atoms with E-state index in [1.54, 1.807) is 11.8 Å². The highest BCUT2D eigenvalue weighted by atomic mass is 32.2. The van der Waals surface area contributed by atoms with Crippen molar-refractivity contribution >= 4 is 45.4 Å². The number of nitrogens with one attached hydrogen (secondary N) is 2. The van der Waals surface area contributed by atoms with Gasteiger partial charge < -0.3 is 4.98 Å². The van der Waals surface area contributed by atoms with Crippen LogP contribution in [0.25, 0.3) is 33.6 Å². The summed E-state index contributed by atoms with van der Waals surface area (Å²) >= 11 is 1.57. The summed E-state index contributed by atoms with van der Waals surface area (Å²) in [6.45, 7) is 0. The minimum Gasteiger partial charge on any atom is -0.341 e. The average molecular weight is 360 g/mol. The van der Waals surface area contributed by atoms with E-state index in [0.29, 0.717) is 5.75 Å². The molecule has 6 aromatic rings. The molecule has 0 spiro atoms. The van der Waals surface area contributed by atoms with Crippen molar-refractivity contribution in [1.29, 1.82) is 0 Å². The molecule has 0 aliphatic carbocycles. The van der Waals surface area contributed by atoms with Crippen molar-refractivity contribution in [3.8, 4) is 0 Å². The predicted molar refractivity (Wildman–Crippen MR) is 99.2 cm³/mol. The van der Waals surface area contributed by atoms with Gasteiger partial charge in [-0.05, 0) is 24.3 Å². The summed E-state index contributed by atoms with van der Waals surface area (Å²) in [7, 11) is 0. The molecule has 0 saturated carbocycles. The maximum Gasteiger partial charge on any atom is 0.258 e. The van der Waals surface area contributed by atoms with Crippen LogP contribution in [0.1, 0.15) is 5.82 Å². The van der Waals surface area contributed by atoms with Crippen molar-refractivity contribution in [2.24, 2.45) is 0 Å². The van der Waals surface area contributed by atoms with Gasteiger partial charge in [0, 0.05) is 0 Å². The molecule has 0 fully saturated rings. The van der Waals surface area contributed by atoms with Gasteiger partial charge in [-0.15, -0.1) is 10.2 Å². The fourth-order valence-corrected chi connectivity index (χ4v) is 3.97. The number of hydrogen-bond donors (Lipinski definition) is 2. The summed E-state index contributed by atoms with van der Waals surface area (Å²) in [5.41, 5.74) is 3.95. The molecule has 0 unspecified atom stereocenters. The Morgan fingerprint density at radius 3 is 2.69 bits per heavy atom. The van der Waals surface area contributed by atoms with Crippen molar-refractivity contribution in [1.82, 2.24) is 39.2 Å². The second-order valence-corrected chi connectivity index (χ2v) is 6.92. The third-order valence-corrected chi connectivity index (χ3v) is 5.31. The maximum absolute atomic E-state index is 4.60. The van der Waals surface area contributed by atoms with Crippen LogP contribution in [0.2, 0.25) is 0 Å². The predicted octanol–water partition coefficient (Wildman–Crippen LogP) is 3.03. The number of nitrogens with zero attached hydrogens (tertiary/aromatic N) is 6. The van der Waals surface area contributed by atoms with E-state index in [1.165, 1.54) is 0 Å². The highest BCUT2D eigenvalue weighted by Crippen LogP contribution is 2.24. The van der Waals surface area contributed by atoms with Gasteiger partial charge in [0.05, 0.1) is 27.8 Å². The first kappa shape index (κ1) is 13.9. The molecule has 0 aliphatic rings. The lowest BCUT2D eigenvalue weighted by Crippen LogP contribution is -1.90. The van der Waals surface area contributed by atoms with Crippen LogP contribution in [0.5, 0.6) is 0 Å². The number of fused-ring (bicyclic) bond motifs is 6. The second-order valence-electron chi connectivity index (χ2n) is 5.98. The third kappa shape index (κ3) is 1.91. The van der Waals surface area contributed by atoms with Crippen molar-refractivity contribution in [2.45, 2.75) is 10.9 Å². The number of imidazole rings is 2. The molecule has 0 atom stereocenters. The number of H-pyrrole nitrogens is 2. The van der Waals surface area contributed by atoms with Crippen molar-refractivity contribution in [2.75, 3.05) is 0 Å². The summed E-state index contributed by atoms with van der Waals surface area (Å²) in [5, 5.41) is 12.7. The monoisotopic (exact) mass is 360 g/mol. The van der Waals surface area contributed by atoms with E-state index in [1.807, 2.05) is 57.4 Å². The lowest BCUT2D eigenvalue weighted by Gasteiger charge is -1.94. The zero-order valence-corrected chi connectivity index (χ0v) is 14.2. The molecule has 4 heterocycles. The average Bonchev–Trinajstić information content (AvgIpc) is 3.39. The van der Waals surface area contributed by atoms with E-state index in [-0.39, 0.29) is 0 Å². The van der Waals surface area contributed by atoms with Gasteiger partial charge in [-0.2, -0.15) is 4.52 Å². The number of para-hydroxylation sites is 4. The van der Waals surface area contributed by atoms with Gasteiger partial charge in [-0.1, -0.05) is 36.0 Å². The first-order chi connectivity index (χ1) is 12.9. The second kappa shape index (κ2) is 5.09. The minimum atomic E-state index is 0.678. The lowest BCUT2D eigenvalue weighted by atomic mass is 10.3. The molecule has 0 bridgehead atoms. The van der Waals surface area contributed by atoms with Gasteiger partial charge in [0.2, 0.25) is 10.9 Å². The number of hydrogen-bond acceptors (Lipinski definition) is 5. The lowest BCUT2D eigenvalue weighted by molar-refractivity contribution is 0.829.